The van der Waals surface area contributed by atoms with Gasteiger partial charge in [-0.3, -0.25) is 4.90 Å². The van der Waals surface area contributed by atoms with Gasteiger partial charge in [0.25, 0.3) is 0 Å². The minimum Gasteiger partial charge on any atom is -0.395 e. The highest BCUT2D eigenvalue weighted by Gasteiger charge is 2.13. The van der Waals surface area contributed by atoms with E-state index in [2.05, 4.69) is 0 Å². The first-order valence-electron chi connectivity index (χ1n) is 6.99. The van der Waals surface area contributed by atoms with Crippen LogP contribution >= 0.6 is 0 Å². The normalized spacial score (nSPS) is 12.6. The van der Waals surface area contributed by atoms with Gasteiger partial charge in [-0.2, -0.15) is 0 Å². The van der Waals surface area contributed by atoms with Crippen LogP contribution in [0.25, 0.3) is 0 Å². The molecule has 0 fully saturated rings. The fraction of sp³-hybridized carbons (Fsp3) is 0.294. The average molecular weight is 289 g/mol. The van der Waals surface area contributed by atoms with Crippen molar-refractivity contribution >= 4 is 0 Å². The van der Waals surface area contributed by atoms with Crippen molar-refractivity contribution in [1.29, 1.82) is 0 Å². The maximum Gasteiger partial charge on any atom is 0.123 e. The first-order valence-corrected chi connectivity index (χ1v) is 6.99. The zero-order chi connectivity index (χ0) is 15.1. The zero-order valence-electron chi connectivity index (χ0n) is 11.8. The summed E-state index contributed by atoms with van der Waals surface area (Å²) >= 11 is 0. The molecule has 0 saturated heterocycles. The molecule has 0 aliphatic carbocycles. The van der Waals surface area contributed by atoms with Gasteiger partial charge in [-0.1, -0.05) is 42.5 Å². The first kappa shape index (κ1) is 15.6. The van der Waals surface area contributed by atoms with E-state index in [1.165, 1.54) is 12.1 Å². The van der Waals surface area contributed by atoms with Gasteiger partial charge in [0, 0.05) is 19.6 Å². The van der Waals surface area contributed by atoms with Crippen molar-refractivity contribution in [2.45, 2.75) is 12.6 Å². The fourth-order valence-electron chi connectivity index (χ4n) is 2.25. The quantitative estimate of drug-likeness (QED) is 0.822. The molecule has 0 aliphatic heterocycles. The van der Waals surface area contributed by atoms with Gasteiger partial charge in [0.2, 0.25) is 0 Å². The number of halogens is 1. The van der Waals surface area contributed by atoms with Gasteiger partial charge < -0.3 is 10.2 Å². The number of nitrogens with zero attached hydrogens (tertiary/aromatic N) is 1. The predicted octanol–water partition coefficient (Wildman–Crippen LogP) is 2.35. The van der Waals surface area contributed by atoms with Gasteiger partial charge >= 0.3 is 0 Å². The Labute approximate surface area is 124 Å². The smallest absolute Gasteiger partial charge is 0.123 e. The van der Waals surface area contributed by atoms with E-state index in [-0.39, 0.29) is 12.4 Å². The number of rotatable bonds is 7. The molecule has 0 amide bonds. The molecule has 0 saturated carbocycles. The van der Waals surface area contributed by atoms with E-state index in [0.29, 0.717) is 25.2 Å². The molecular weight excluding hydrogens is 269 g/mol. The number of hydrogen-bond donors (Lipinski definition) is 2. The number of aliphatic hydroxyl groups excluding tert-OH is 2. The molecular formula is C17H20FNO2. The van der Waals surface area contributed by atoms with Gasteiger partial charge in [-0.15, -0.1) is 0 Å². The minimum absolute atomic E-state index is 0.0307. The summed E-state index contributed by atoms with van der Waals surface area (Å²) in [7, 11) is 0. The Bertz CT molecular complexity index is 530. The van der Waals surface area contributed by atoms with Crippen molar-refractivity contribution in [3.8, 4) is 0 Å². The van der Waals surface area contributed by atoms with Crippen molar-refractivity contribution in [1.82, 2.24) is 4.90 Å². The highest BCUT2D eigenvalue weighted by atomic mass is 19.1. The lowest BCUT2D eigenvalue weighted by Gasteiger charge is -2.24. The third-order valence-electron chi connectivity index (χ3n) is 3.35. The van der Waals surface area contributed by atoms with Gasteiger partial charge in [0.1, 0.15) is 5.82 Å². The predicted molar refractivity (Wildman–Crippen MR) is 80.2 cm³/mol. The lowest BCUT2D eigenvalue weighted by molar-refractivity contribution is 0.0956. The Morgan fingerprint density at radius 3 is 2.29 bits per heavy atom. The number of benzene rings is 2. The van der Waals surface area contributed by atoms with Crippen molar-refractivity contribution in [3.05, 3.63) is 71.5 Å². The van der Waals surface area contributed by atoms with Crippen LogP contribution in [-0.4, -0.2) is 34.8 Å². The summed E-state index contributed by atoms with van der Waals surface area (Å²) in [5.74, 6) is -0.317. The molecule has 2 N–H and O–H groups in total. The lowest BCUT2D eigenvalue weighted by atomic mass is 10.1. The monoisotopic (exact) mass is 289 g/mol. The number of aliphatic hydroxyl groups is 2. The molecule has 4 heteroatoms. The fourth-order valence-corrected chi connectivity index (χ4v) is 2.25. The molecule has 0 radical (unpaired) electrons. The second-order valence-corrected chi connectivity index (χ2v) is 5.01. The highest BCUT2D eigenvalue weighted by molar-refractivity contribution is 5.19. The molecule has 2 aromatic carbocycles. The third kappa shape index (κ3) is 4.93. The Morgan fingerprint density at radius 2 is 1.67 bits per heavy atom. The Hall–Kier alpha value is -1.75. The van der Waals surface area contributed by atoms with E-state index < -0.39 is 6.10 Å². The van der Waals surface area contributed by atoms with Crippen LogP contribution in [0.5, 0.6) is 0 Å². The molecule has 1 atom stereocenters. The lowest BCUT2D eigenvalue weighted by Crippen LogP contribution is -2.31. The Morgan fingerprint density at radius 1 is 1.00 bits per heavy atom. The van der Waals surface area contributed by atoms with Gasteiger partial charge in [-0.25, -0.2) is 4.39 Å². The zero-order valence-corrected chi connectivity index (χ0v) is 11.8. The van der Waals surface area contributed by atoms with E-state index in [1.54, 1.807) is 12.1 Å². The van der Waals surface area contributed by atoms with E-state index >= 15 is 0 Å². The van der Waals surface area contributed by atoms with E-state index in [4.69, 9.17) is 5.11 Å². The molecule has 0 unspecified atom stereocenters. The molecule has 0 aliphatic rings. The number of hydrogen-bond acceptors (Lipinski definition) is 3. The topological polar surface area (TPSA) is 43.7 Å². The van der Waals surface area contributed by atoms with Gasteiger partial charge in [-0.05, 0) is 23.3 Å². The molecule has 112 valence electrons. The molecule has 3 nitrogen and oxygen atoms in total. The van der Waals surface area contributed by atoms with Crippen LogP contribution < -0.4 is 0 Å². The minimum atomic E-state index is -0.708. The molecule has 0 spiro atoms. The maximum absolute atomic E-state index is 12.9. The van der Waals surface area contributed by atoms with E-state index in [1.807, 2.05) is 35.2 Å². The largest absolute Gasteiger partial charge is 0.395 e. The second-order valence-electron chi connectivity index (χ2n) is 5.01. The van der Waals surface area contributed by atoms with Crippen LogP contribution in [0.1, 0.15) is 17.2 Å². The molecule has 0 heterocycles. The summed E-state index contributed by atoms with van der Waals surface area (Å²) < 4.78 is 12.9. The van der Waals surface area contributed by atoms with Crippen molar-refractivity contribution in [2.75, 3.05) is 19.7 Å². The van der Waals surface area contributed by atoms with Gasteiger partial charge in [0.05, 0.1) is 12.7 Å². The van der Waals surface area contributed by atoms with Crippen LogP contribution in [-0.2, 0) is 6.54 Å². The SMILES string of the molecule is OCCN(Cc1ccccc1)C[C@H](O)c1ccc(F)cc1. The summed E-state index contributed by atoms with van der Waals surface area (Å²) in [6.07, 6.45) is -0.708. The standard InChI is InChI=1S/C17H20FNO2/c18-16-8-6-15(7-9-16)17(21)13-19(10-11-20)12-14-4-2-1-3-5-14/h1-9,17,20-21H,10-13H2/t17-/m0/s1. The molecule has 0 bridgehead atoms. The van der Waals surface area contributed by atoms with Crippen molar-refractivity contribution in [3.63, 3.8) is 0 Å². The van der Waals surface area contributed by atoms with Gasteiger partial charge in [0.15, 0.2) is 0 Å². The summed E-state index contributed by atoms with van der Waals surface area (Å²) in [4.78, 5) is 1.98. The van der Waals surface area contributed by atoms with E-state index in [9.17, 15) is 9.50 Å². The average Bonchev–Trinajstić information content (AvgIpc) is 2.49. The first-order chi connectivity index (χ1) is 10.2. The summed E-state index contributed by atoms with van der Waals surface area (Å²) in [6, 6.07) is 15.7. The molecule has 0 aromatic heterocycles. The Kier molecular flexibility index (Phi) is 5.87. The molecule has 2 aromatic rings. The summed E-state index contributed by atoms with van der Waals surface area (Å²) in [6.45, 7) is 1.55. The maximum atomic E-state index is 12.9. The van der Waals surface area contributed by atoms with Crippen LogP contribution in [0.3, 0.4) is 0 Å². The van der Waals surface area contributed by atoms with Crippen molar-refractivity contribution < 1.29 is 14.6 Å². The van der Waals surface area contributed by atoms with E-state index in [0.717, 1.165) is 5.56 Å². The molecule has 21 heavy (non-hydrogen) atoms. The van der Waals surface area contributed by atoms with Crippen LogP contribution in [0.15, 0.2) is 54.6 Å². The summed E-state index contributed by atoms with van der Waals surface area (Å²) in [5, 5.41) is 19.4. The summed E-state index contributed by atoms with van der Waals surface area (Å²) in [5.41, 5.74) is 1.80. The van der Waals surface area contributed by atoms with Crippen LogP contribution in [0.2, 0.25) is 0 Å². The highest BCUT2D eigenvalue weighted by Crippen LogP contribution is 2.16. The van der Waals surface area contributed by atoms with Crippen LogP contribution in [0.4, 0.5) is 4.39 Å². The second kappa shape index (κ2) is 7.88. The van der Waals surface area contributed by atoms with Crippen molar-refractivity contribution in [2.24, 2.45) is 0 Å². The molecule has 2 rings (SSSR count). The van der Waals surface area contributed by atoms with Crippen LogP contribution in [0, 0.1) is 5.82 Å². The third-order valence-corrected chi connectivity index (χ3v) is 3.35. The Balaban J connectivity index is 2.00.